The van der Waals surface area contributed by atoms with Crippen molar-refractivity contribution in [2.45, 2.75) is 18.4 Å². The number of pyridine rings is 1. The number of nitrogens with zero attached hydrogens (tertiary/aromatic N) is 5. The highest BCUT2D eigenvalue weighted by molar-refractivity contribution is 6.07. The summed E-state index contributed by atoms with van der Waals surface area (Å²) < 4.78 is 1.90. The van der Waals surface area contributed by atoms with Gasteiger partial charge in [-0.05, 0) is 31.0 Å². The van der Waals surface area contributed by atoms with E-state index in [1.165, 1.54) is 0 Å². The Balaban J connectivity index is 1.51. The third-order valence-corrected chi connectivity index (χ3v) is 5.21. The topological polar surface area (TPSA) is 82.8 Å². The van der Waals surface area contributed by atoms with Crippen LogP contribution in [0.3, 0.4) is 0 Å². The molecule has 2 aliphatic rings. The first-order valence-electron chi connectivity index (χ1n) is 8.70. The van der Waals surface area contributed by atoms with Gasteiger partial charge in [0.1, 0.15) is 16.9 Å². The van der Waals surface area contributed by atoms with E-state index < -0.39 is 5.54 Å². The van der Waals surface area contributed by atoms with E-state index in [2.05, 4.69) is 15.3 Å². The van der Waals surface area contributed by atoms with Crippen molar-refractivity contribution in [1.82, 2.24) is 24.7 Å². The number of hydrogen-bond acceptors (Lipinski definition) is 5. The van der Waals surface area contributed by atoms with E-state index in [1.807, 2.05) is 44.0 Å². The van der Waals surface area contributed by atoms with Gasteiger partial charge < -0.3 is 14.4 Å². The lowest BCUT2D eigenvalue weighted by atomic mass is 9.88. The quantitative estimate of drug-likeness (QED) is 0.813. The second-order valence-electron chi connectivity index (χ2n) is 7.14. The van der Waals surface area contributed by atoms with Gasteiger partial charge in [0.15, 0.2) is 0 Å². The van der Waals surface area contributed by atoms with E-state index in [1.54, 1.807) is 15.9 Å². The molecule has 1 saturated heterocycles. The van der Waals surface area contributed by atoms with Crippen molar-refractivity contribution in [2.24, 2.45) is 12.0 Å². The zero-order valence-corrected chi connectivity index (χ0v) is 15.2. The summed E-state index contributed by atoms with van der Waals surface area (Å²) in [5.41, 5.74) is 0.481. The Morgan fingerprint density at radius 3 is 2.62 bits per heavy atom. The number of aryl methyl sites for hydroxylation is 1. The van der Waals surface area contributed by atoms with Crippen molar-refractivity contribution in [1.29, 1.82) is 0 Å². The third-order valence-electron chi connectivity index (χ3n) is 5.21. The second kappa shape index (κ2) is 5.82. The highest BCUT2D eigenvalue weighted by Gasteiger charge is 2.47. The van der Waals surface area contributed by atoms with E-state index >= 15 is 0 Å². The number of rotatable bonds is 1. The van der Waals surface area contributed by atoms with E-state index in [-0.39, 0.29) is 11.8 Å². The minimum absolute atomic E-state index is 0.0725. The van der Waals surface area contributed by atoms with E-state index in [9.17, 15) is 9.59 Å². The van der Waals surface area contributed by atoms with Gasteiger partial charge in [-0.2, -0.15) is 0 Å². The minimum atomic E-state index is -0.744. The number of aliphatic imine (C=N–C) groups is 1. The molecular formula is C18H22N6O2. The summed E-state index contributed by atoms with van der Waals surface area (Å²) in [6, 6.07) is 5.65. The van der Waals surface area contributed by atoms with Crippen LogP contribution in [0.25, 0.3) is 11.0 Å². The molecule has 26 heavy (non-hydrogen) atoms. The van der Waals surface area contributed by atoms with Crippen molar-refractivity contribution >= 4 is 28.8 Å². The normalized spacial score (nSPS) is 19.0. The summed E-state index contributed by atoms with van der Waals surface area (Å²) in [6.07, 6.45) is 2.97. The molecule has 2 amide bonds. The molecule has 0 saturated carbocycles. The number of carbonyl (C=O) groups is 2. The van der Waals surface area contributed by atoms with Crippen molar-refractivity contribution in [3.63, 3.8) is 0 Å². The molecule has 2 aromatic rings. The van der Waals surface area contributed by atoms with Gasteiger partial charge in [-0.25, -0.2) is 9.98 Å². The fraction of sp³-hybridized carbons (Fsp3) is 0.444. The smallest absolute Gasteiger partial charge is 0.272 e. The van der Waals surface area contributed by atoms with Gasteiger partial charge in [0.2, 0.25) is 5.96 Å². The molecule has 0 unspecified atom stereocenters. The van der Waals surface area contributed by atoms with Crippen LogP contribution >= 0.6 is 0 Å². The summed E-state index contributed by atoms with van der Waals surface area (Å²) >= 11 is 0. The standard InChI is InChI=1S/C18H22N6O2/c1-22(2)17-20-16(26)18(21-17)7-10-24(11-8-18)15(25)13-5-4-12-6-9-23(3)14(12)19-13/h4-6,9H,7-8,10-11H2,1-3H3,(H,20,21,26). The minimum Gasteiger partial charge on any atom is -0.349 e. The number of hydrogen-bond donors (Lipinski definition) is 1. The molecular weight excluding hydrogens is 332 g/mol. The molecule has 4 heterocycles. The van der Waals surface area contributed by atoms with Gasteiger partial charge in [-0.1, -0.05) is 0 Å². The number of amides is 2. The highest BCUT2D eigenvalue weighted by atomic mass is 16.2. The fourth-order valence-corrected chi connectivity index (χ4v) is 3.55. The van der Waals surface area contributed by atoms with Gasteiger partial charge in [0.25, 0.3) is 11.8 Å². The van der Waals surface area contributed by atoms with Crippen LogP contribution in [0.1, 0.15) is 23.3 Å². The Labute approximate surface area is 151 Å². The zero-order chi connectivity index (χ0) is 18.5. The Hall–Kier alpha value is -2.90. The van der Waals surface area contributed by atoms with Crippen molar-refractivity contribution in [3.8, 4) is 0 Å². The second-order valence-corrected chi connectivity index (χ2v) is 7.14. The summed E-state index contributed by atoms with van der Waals surface area (Å²) in [7, 11) is 5.61. The first kappa shape index (κ1) is 16.6. The maximum Gasteiger partial charge on any atom is 0.272 e. The monoisotopic (exact) mass is 354 g/mol. The summed E-state index contributed by atoms with van der Waals surface area (Å²) in [5.74, 6) is 0.417. The molecule has 8 heteroatoms. The molecule has 0 aliphatic carbocycles. The molecule has 0 atom stereocenters. The van der Waals surface area contributed by atoms with E-state index in [0.29, 0.717) is 37.6 Å². The molecule has 2 aliphatic heterocycles. The average Bonchev–Trinajstić information content (AvgIpc) is 3.16. The number of piperidine rings is 1. The maximum absolute atomic E-state index is 12.8. The van der Waals surface area contributed by atoms with Crippen LogP contribution in [0.15, 0.2) is 29.4 Å². The molecule has 4 rings (SSSR count). The van der Waals surface area contributed by atoms with Crippen LogP contribution in [0, 0.1) is 0 Å². The highest BCUT2D eigenvalue weighted by Crippen LogP contribution is 2.30. The van der Waals surface area contributed by atoms with Crippen LogP contribution in [-0.2, 0) is 11.8 Å². The number of aromatic nitrogens is 2. The number of likely N-dealkylation sites (tertiary alicyclic amines) is 1. The van der Waals surface area contributed by atoms with Gasteiger partial charge in [0, 0.05) is 45.8 Å². The Morgan fingerprint density at radius 2 is 1.96 bits per heavy atom. The maximum atomic E-state index is 12.8. The number of fused-ring (bicyclic) bond motifs is 1. The van der Waals surface area contributed by atoms with E-state index in [4.69, 9.17) is 0 Å². The number of carbonyl (C=O) groups excluding carboxylic acids is 2. The van der Waals surface area contributed by atoms with Crippen LogP contribution in [-0.4, -0.2) is 69.8 Å². The average molecular weight is 354 g/mol. The Morgan fingerprint density at radius 1 is 1.23 bits per heavy atom. The molecule has 0 bridgehead atoms. The Bertz CT molecular complexity index is 921. The summed E-state index contributed by atoms with van der Waals surface area (Å²) in [5, 5.41) is 3.84. The fourth-order valence-electron chi connectivity index (χ4n) is 3.55. The zero-order valence-electron chi connectivity index (χ0n) is 15.2. The van der Waals surface area contributed by atoms with Gasteiger partial charge in [-0.3, -0.25) is 14.9 Å². The van der Waals surface area contributed by atoms with Crippen LogP contribution < -0.4 is 5.32 Å². The lowest BCUT2D eigenvalue weighted by molar-refractivity contribution is -0.125. The molecule has 0 radical (unpaired) electrons. The van der Waals surface area contributed by atoms with Gasteiger partial charge in [-0.15, -0.1) is 0 Å². The third kappa shape index (κ3) is 2.53. The largest absolute Gasteiger partial charge is 0.349 e. The first-order valence-corrected chi connectivity index (χ1v) is 8.70. The summed E-state index contributed by atoms with van der Waals surface area (Å²) in [6.45, 7) is 0.979. The van der Waals surface area contributed by atoms with Crippen molar-refractivity contribution in [2.75, 3.05) is 27.2 Å². The van der Waals surface area contributed by atoms with Crippen LogP contribution in [0.4, 0.5) is 0 Å². The van der Waals surface area contributed by atoms with E-state index in [0.717, 1.165) is 11.0 Å². The first-order chi connectivity index (χ1) is 12.4. The van der Waals surface area contributed by atoms with Gasteiger partial charge >= 0.3 is 0 Å². The molecule has 1 spiro atoms. The molecule has 0 aromatic carbocycles. The lowest BCUT2D eigenvalue weighted by Crippen LogP contribution is -2.50. The molecule has 1 N–H and O–H groups in total. The predicted molar refractivity (Wildman–Crippen MR) is 97.8 cm³/mol. The predicted octanol–water partition coefficient (Wildman–Crippen LogP) is 0.596. The Kier molecular flexibility index (Phi) is 3.71. The van der Waals surface area contributed by atoms with Crippen LogP contribution in [0.5, 0.6) is 0 Å². The van der Waals surface area contributed by atoms with Gasteiger partial charge in [0.05, 0.1) is 0 Å². The molecule has 1 fully saturated rings. The summed E-state index contributed by atoms with van der Waals surface area (Å²) in [4.78, 5) is 37.9. The SMILES string of the molecule is CN(C)C1=NC2(CCN(C(=O)c3ccc4ccn(C)c4n3)CC2)C(=O)N1. The number of nitrogens with one attached hydrogen (secondary N) is 1. The molecule has 136 valence electrons. The van der Waals surface area contributed by atoms with Crippen LogP contribution in [0.2, 0.25) is 0 Å². The lowest BCUT2D eigenvalue weighted by Gasteiger charge is -2.35. The molecule has 2 aromatic heterocycles. The number of guanidine groups is 1. The van der Waals surface area contributed by atoms with Crippen molar-refractivity contribution in [3.05, 3.63) is 30.1 Å². The van der Waals surface area contributed by atoms with Crippen molar-refractivity contribution < 1.29 is 9.59 Å². The molecule has 8 nitrogen and oxygen atoms in total.